The van der Waals surface area contributed by atoms with E-state index < -0.39 is 10.0 Å². The molecule has 0 aromatic heterocycles. The van der Waals surface area contributed by atoms with Crippen LogP contribution in [-0.2, 0) is 23.1 Å². The van der Waals surface area contributed by atoms with Gasteiger partial charge >= 0.3 is 0 Å². The van der Waals surface area contributed by atoms with Crippen molar-refractivity contribution in [3.63, 3.8) is 0 Å². The average molecular weight is 248 g/mol. The van der Waals surface area contributed by atoms with Gasteiger partial charge in [-0.05, 0) is 22.6 Å². The first-order chi connectivity index (χ1) is 8.07. The van der Waals surface area contributed by atoms with Crippen molar-refractivity contribution in [1.29, 1.82) is 0 Å². The van der Waals surface area contributed by atoms with Crippen LogP contribution >= 0.6 is 0 Å². The topological polar surface area (TPSA) is 72.2 Å². The van der Waals surface area contributed by atoms with Gasteiger partial charge in [0.15, 0.2) is 0 Å². The van der Waals surface area contributed by atoms with Gasteiger partial charge in [-0.3, -0.25) is 0 Å². The smallest absolute Gasteiger partial charge is 0.238 e. The molecule has 5 heteroatoms. The Hall–Kier alpha value is -1.43. The molecule has 0 saturated heterocycles. The third kappa shape index (κ3) is 1.63. The summed E-state index contributed by atoms with van der Waals surface area (Å²) in [6.45, 7) is 1.52. The minimum absolute atomic E-state index is 0.208. The predicted octanol–water partition coefficient (Wildman–Crippen LogP) is 1.09. The van der Waals surface area contributed by atoms with E-state index in [9.17, 15) is 8.42 Å². The van der Waals surface area contributed by atoms with Gasteiger partial charge in [0.1, 0.15) is 0 Å². The zero-order valence-corrected chi connectivity index (χ0v) is 9.92. The molecule has 0 spiro atoms. The third-order valence-corrected chi connectivity index (χ3v) is 4.08. The molecule has 2 aromatic carbocycles. The van der Waals surface area contributed by atoms with Gasteiger partial charge in [0, 0.05) is 18.5 Å². The summed E-state index contributed by atoms with van der Waals surface area (Å²) < 4.78 is 23.1. The summed E-state index contributed by atoms with van der Waals surface area (Å²) in [6.07, 6.45) is 0. The number of benzene rings is 2. The third-order valence-electron chi connectivity index (χ3n) is 3.11. The standard InChI is InChI=1S/C12H12N2O2S/c13-17(15,16)11-5-4-9-7-14-6-8-2-1-3-10(11)12(8)9/h1-5,14H,6-7H2,(H2,13,15,16). The van der Waals surface area contributed by atoms with Crippen molar-refractivity contribution in [3.8, 4) is 0 Å². The summed E-state index contributed by atoms with van der Waals surface area (Å²) >= 11 is 0. The lowest BCUT2D eigenvalue weighted by molar-refractivity contribution is 0.598. The lowest BCUT2D eigenvalue weighted by Crippen LogP contribution is -2.20. The summed E-state index contributed by atoms with van der Waals surface area (Å²) in [6, 6.07) is 9.10. The molecular weight excluding hydrogens is 236 g/mol. The first-order valence-corrected chi connectivity index (χ1v) is 6.89. The number of nitrogens with one attached hydrogen (secondary N) is 1. The SMILES string of the molecule is NS(=O)(=O)c1ccc2c3c(cccc13)CNC2. The van der Waals surface area contributed by atoms with E-state index in [1.165, 1.54) is 0 Å². The summed E-state index contributed by atoms with van der Waals surface area (Å²) in [5.74, 6) is 0. The minimum Gasteiger partial charge on any atom is -0.309 e. The number of nitrogens with two attached hydrogens (primary N) is 1. The van der Waals surface area contributed by atoms with E-state index in [2.05, 4.69) is 5.32 Å². The molecule has 17 heavy (non-hydrogen) atoms. The van der Waals surface area contributed by atoms with Gasteiger partial charge in [-0.1, -0.05) is 24.3 Å². The second-order valence-corrected chi connectivity index (χ2v) is 5.74. The van der Waals surface area contributed by atoms with Crippen molar-refractivity contribution in [2.45, 2.75) is 18.0 Å². The molecule has 0 unspecified atom stereocenters. The maximum Gasteiger partial charge on any atom is 0.238 e. The molecule has 0 fully saturated rings. The number of primary sulfonamides is 1. The highest BCUT2D eigenvalue weighted by Crippen LogP contribution is 2.30. The van der Waals surface area contributed by atoms with E-state index in [0.717, 1.165) is 35.0 Å². The van der Waals surface area contributed by atoms with Crippen LogP contribution in [-0.4, -0.2) is 8.42 Å². The maximum absolute atomic E-state index is 11.5. The van der Waals surface area contributed by atoms with Crippen LogP contribution in [0.2, 0.25) is 0 Å². The molecule has 0 radical (unpaired) electrons. The first-order valence-electron chi connectivity index (χ1n) is 5.34. The van der Waals surface area contributed by atoms with E-state index in [-0.39, 0.29) is 4.90 Å². The monoisotopic (exact) mass is 248 g/mol. The second kappa shape index (κ2) is 3.53. The van der Waals surface area contributed by atoms with Crippen molar-refractivity contribution < 1.29 is 8.42 Å². The zero-order chi connectivity index (χ0) is 12.0. The van der Waals surface area contributed by atoms with Crippen LogP contribution in [0.1, 0.15) is 11.1 Å². The Labute approximate surface area is 99.5 Å². The van der Waals surface area contributed by atoms with Crippen molar-refractivity contribution in [2.75, 3.05) is 0 Å². The predicted molar refractivity (Wildman–Crippen MR) is 65.9 cm³/mol. The molecule has 0 saturated carbocycles. The molecular formula is C12H12N2O2S. The molecule has 0 atom stereocenters. The van der Waals surface area contributed by atoms with Crippen LogP contribution in [0.4, 0.5) is 0 Å². The Kier molecular flexibility index (Phi) is 2.22. The van der Waals surface area contributed by atoms with Crippen molar-refractivity contribution in [1.82, 2.24) is 5.32 Å². The average Bonchev–Trinajstić information content (AvgIpc) is 2.28. The highest BCUT2D eigenvalue weighted by atomic mass is 32.2. The van der Waals surface area contributed by atoms with E-state index >= 15 is 0 Å². The molecule has 0 aliphatic carbocycles. The Balaban J connectivity index is 2.49. The van der Waals surface area contributed by atoms with Gasteiger partial charge in [-0.15, -0.1) is 0 Å². The van der Waals surface area contributed by atoms with Crippen LogP contribution in [0.5, 0.6) is 0 Å². The van der Waals surface area contributed by atoms with Crippen molar-refractivity contribution in [3.05, 3.63) is 41.5 Å². The normalized spacial score (nSPS) is 15.1. The fourth-order valence-corrected chi connectivity index (χ4v) is 3.14. The lowest BCUT2D eigenvalue weighted by atomic mass is 9.96. The van der Waals surface area contributed by atoms with Crippen LogP contribution in [0.25, 0.3) is 10.8 Å². The van der Waals surface area contributed by atoms with Gasteiger partial charge in [-0.25, -0.2) is 13.6 Å². The summed E-state index contributed by atoms with van der Waals surface area (Å²) in [4.78, 5) is 0.208. The van der Waals surface area contributed by atoms with Crippen molar-refractivity contribution in [2.24, 2.45) is 5.14 Å². The molecule has 1 aliphatic heterocycles. The maximum atomic E-state index is 11.5. The molecule has 1 heterocycles. The Morgan fingerprint density at radius 2 is 1.76 bits per heavy atom. The number of hydrogen-bond acceptors (Lipinski definition) is 3. The zero-order valence-electron chi connectivity index (χ0n) is 9.10. The fourth-order valence-electron chi connectivity index (χ4n) is 2.41. The van der Waals surface area contributed by atoms with E-state index in [4.69, 9.17) is 5.14 Å². The summed E-state index contributed by atoms with van der Waals surface area (Å²) in [5, 5.41) is 10.3. The summed E-state index contributed by atoms with van der Waals surface area (Å²) in [5.41, 5.74) is 2.24. The van der Waals surface area contributed by atoms with Crippen LogP contribution in [0, 0.1) is 0 Å². The Morgan fingerprint density at radius 3 is 2.47 bits per heavy atom. The molecule has 2 aromatic rings. The number of sulfonamides is 1. The molecule has 0 amide bonds. The quantitative estimate of drug-likeness (QED) is 0.793. The highest BCUT2D eigenvalue weighted by Gasteiger charge is 2.18. The van der Waals surface area contributed by atoms with Gasteiger partial charge in [-0.2, -0.15) is 0 Å². The van der Waals surface area contributed by atoms with Gasteiger partial charge in [0.05, 0.1) is 4.90 Å². The van der Waals surface area contributed by atoms with Gasteiger partial charge < -0.3 is 5.32 Å². The Bertz CT molecular complexity index is 698. The Morgan fingerprint density at radius 1 is 1.06 bits per heavy atom. The minimum atomic E-state index is -3.67. The molecule has 3 N–H and O–H groups in total. The second-order valence-electron chi connectivity index (χ2n) is 4.21. The van der Waals surface area contributed by atoms with Crippen LogP contribution in [0.15, 0.2) is 35.2 Å². The molecule has 4 nitrogen and oxygen atoms in total. The van der Waals surface area contributed by atoms with Gasteiger partial charge in [0.25, 0.3) is 0 Å². The van der Waals surface area contributed by atoms with E-state index in [1.807, 2.05) is 24.3 Å². The van der Waals surface area contributed by atoms with Crippen LogP contribution in [0.3, 0.4) is 0 Å². The van der Waals surface area contributed by atoms with E-state index in [1.54, 1.807) is 6.07 Å². The number of rotatable bonds is 1. The fraction of sp³-hybridized carbons (Fsp3) is 0.167. The number of hydrogen-bond donors (Lipinski definition) is 2. The highest BCUT2D eigenvalue weighted by molar-refractivity contribution is 7.89. The molecule has 0 bridgehead atoms. The summed E-state index contributed by atoms with van der Waals surface area (Å²) in [7, 11) is -3.67. The molecule has 3 rings (SSSR count). The van der Waals surface area contributed by atoms with Crippen molar-refractivity contribution >= 4 is 20.8 Å². The van der Waals surface area contributed by atoms with Gasteiger partial charge in [0.2, 0.25) is 10.0 Å². The van der Waals surface area contributed by atoms with E-state index in [0.29, 0.717) is 0 Å². The van der Waals surface area contributed by atoms with Crippen LogP contribution < -0.4 is 10.5 Å². The molecule has 88 valence electrons. The largest absolute Gasteiger partial charge is 0.309 e. The first kappa shape index (κ1) is 10.7. The molecule has 1 aliphatic rings. The lowest BCUT2D eigenvalue weighted by Gasteiger charge is -2.19.